The van der Waals surface area contributed by atoms with Crippen LogP contribution in [0, 0.1) is 0 Å². The Kier molecular flexibility index (Phi) is 3.78. The van der Waals surface area contributed by atoms with E-state index in [1.165, 1.54) is 12.7 Å². The Balaban J connectivity index is 1.80. The minimum atomic E-state index is -0.137. The Bertz CT molecular complexity index is 354. The molecule has 0 unspecified atom stereocenters. The molecular weight excluding hydrogens is 218 g/mol. The van der Waals surface area contributed by atoms with Crippen molar-refractivity contribution in [3.8, 4) is 0 Å². The summed E-state index contributed by atoms with van der Waals surface area (Å²) in [4.78, 5) is 18.0. The molecule has 0 aromatic carbocycles. The van der Waals surface area contributed by atoms with Crippen LogP contribution in [0.2, 0.25) is 0 Å². The van der Waals surface area contributed by atoms with Gasteiger partial charge in [0.15, 0.2) is 12.1 Å². The van der Waals surface area contributed by atoms with Gasteiger partial charge in [-0.25, -0.2) is 4.98 Å². The van der Waals surface area contributed by atoms with Crippen LogP contribution in [0.1, 0.15) is 37.2 Å². The molecule has 94 valence electrons. The quantitative estimate of drug-likeness (QED) is 0.860. The van der Waals surface area contributed by atoms with Crippen molar-refractivity contribution in [1.82, 2.24) is 15.2 Å². The van der Waals surface area contributed by atoms with E-state index in [2.05, 4.69) is 29.0 Å². The van der Waals surface area contributed by atoms with Gasteiger partial charge in [0.2, 0.25) is 0 Å². The molecule has 1 saturated heterocycles. The summed E-state index contributed by atoms with van der Waals surface area (Å²) in [7, 11) is 0. The normalized spacial score (nSPS) is 18.5. The van der Waals surface area contributed by atoms with Crippen LogP contribution in [0.4, 0.5) is 0 Å². The topological polar surface area (TPSA) is 58.4 Å². The molecule has 0 aliphatic carbocycles. The van der Waals surface area contributed by atoms with Gasteiger partial charge in [0.1, 0.15) is 6.26 Å². The van der Waals surface area contributed by atoms with E-state index in [9.17, 15) is 4.79 Å². The summed E-state index contributed by atoms with van der Waals surface area (Å²) in [6.07, 6.45) is 4.65. The van der Waals surface area contributed by atoms with E-state index in [-0.39, 0.29) is 11.9 Å². The molecule has 2 rings (SSSR count). The molecule has 0 atom stereocenters. The number of carbonyl (C=O) groups excluding carboxylic acids is 1. The first-order valence-electron chi connectivity index (χ1n) is 6.10. The highest BCUT2D eigenvalue weighted by Crippen LogP contribution is 2.13. The second kappa shape index (κ2) is 5.31. The monoisotopic (exact) mass is 237 g/mol. The van der Waals surface area contributed by atoms with Crippen LogP contribution in [0.15, 0.2) is 17.1 Å². The zero-order valence-electron chi connectivity index (χ0n) is 10.3. The number of aromatic nitrogens is 1. The summed E-state index contributed by atoms with van der Waals surface area (Å²) >= 11 is 0. The van der Waals surface area contributed by atoms with Crippen molar-refractivity contribution in [3.05, 3.63) is 18.4 Å². The van der Waals surface area contributed by atoms with Gasteiger partial charge in [0.05, 0.1) is 0 Å². The number of amides is 1. The molecule has 1 aromatic heterocycles. The van der Waals surface area contributed by atoms with Crippen LogP contribution < -0.4 is 5.32 Å². The first kappa shape index (κ1) is 12.1. The van der Waals surface area contributed by atoms with E-state index in [0.717, 1.165) is 25.9 Å². The Morgan fingerprint density at radius 2 is 2.24 bits per heavy atom. The van der Waals surface area contributed by atoms with E-state index in [4.69, 9.17) is 4.42 Å². The Hall–Kier alpha value is -1.36. The predicted octanol–water partition coefficient (Wildman–Crippen LogP) is 1.28. The molecule has 1 aliphatic rings. The highest BCUT2D eigenvalue weighted by Gasteiger charge is 2.22. The van der Waals surface area contributed by atoms with Crippen molar-refractivity contribution in [2.75, 3.05) is 13.1 Å². The van der Waals surface area contributed by atoms with Crippen molar-refractivity contribution in [2.24, 2.45) is 0 Å². The standard InChI is InChI=1S/C12H19N3O2/c1-9(2)15-5-3-10(4-6-15)14-12(16)11-7-17-8-13-11/h7-10H,3-6H2,1-2H3,(H,14,16). The summed E-state index contributed by atoms with van der Waals surface area (Å²) in [5.41, 5.74) is 0.358. The average Bonchev–Trinajstić information content (AvgIpc) is 2.83. The smallest absolute Gasteiger partial charge is 0.273 e. The molecule has 0 saturated carbocycles. The van der Waals surface area contributed by atoms with Crippen LogP contribution in [-0.2, 0) is 0 Å². The van der Waals surface area contributed by atoms with Crippen molar-refractivity contribution < 1.29 is 9.21 Å². The number of carbonyl (C=O) groups is 1. The third-order valence-electron chi connectivity index (χ3n) is 3.26. The number of oxazole rings is 1. The lowest BCUT2D eigenvalue weighted by Crippen LogP contribution is -2.46. The summed E-state index contributed by atoms with van der Waals surface area (Å²) in [5, 5.41) is 2.99. The first-order chi connectivity index (χ1) is 8.16. The molecule has 1 N–H and O–H groups in total. The van der Waals surface area contributed by atoms with Gasteiger partial charge in [-0.05, 0) is 26.7 Å². The first-order valence-corrected chi connectivity index (χ1v) is 6.10. The maximum atomic E-state index is 11.7. The van der Waals surface area contributed by atoms with E-state index >= 15 is 0 Å². The van der Waals surface area contributed by atoms with Crippen LogP contribution in [0.3, 0.4) is 0 Å². The van der Waals surface area contributed by atoms with Crippen molar-refractivity contribution in [1.29, 1.82) is 0 Å². The zero-order valence-corrected chi connectivity index (χ0v) is 10.3. The molecule has 0 bridgehead atoms. The van der Waals surface area contributed by atoms with Crippen LogP contribution in [0.25, 0.3) is 0 Å². The zero-order chi connectivity index (χ0) is 12.3. The van der Waals surface area contributed by atoms with Gasteiger partial charge in [-0.1, -0.05) is 0 Å². The molecule has 0 spiro atoms. The number of nitrogens with zero attached hydrogens (tertiary/aromatic N) is 2. The van der Waals surface area contributed by atoms with Crippen LogP contribution in [0.5, 0.6) is 0 Å². The fraction of sp³-hybridized carbons (Fsp3) is 0.667. The Labute approximate surface area is 101 Å². The van der Waals surface area contributed by atoms with Crippen molar-refractivity contribution >= 4 is 5.91 Å². The maximum Gasteiger partial charge on any atom is 0.273 e. The molecule has 5 nitrogen and oxygen atoms in total. The molecule has 0 radical (unpaired) electrons. The number of likely N-dealkylation sites (tertiary alicyclic amines) is 1. The fourth-order valence-electron chi connectivity index (χ4n) is 2.14. The molecule has 1 aliphatic heterocycles. The second-order valence-corrected chi connectivity index (χ2v) is 4.75. The lowest BCUT2D eigenvalue weighted by molar-refractivity contribution is 0.0895. The van der Waals surface area contributed by atoms with E-state index in [1.807, 2.05) is 0 Å². The average molecular weight is 237 g/mol. The second-order valence-electron chi connectivity index (χ2n) is 4.75. The molecule has 1 fully saturated rings. The molecule has 1 amide bonds. The van der Waals surface area contributed by atoms with Gasteiger partial charge in [-0.15, -0.1) is 0 Å². The molecule has 5 heteroatoms. The Morgan fingerprint density at radius 3 is 2.76 bits per heavy atom. The van der Waals surface area contributed by atoms with E-state index in [1.54, 1.807) is 0 Å². The van der Waals surface area contributed by atoms with E-state index in [0.29, 0.717) is 11.7 Å². The van der Waals surface area contributed by atoms with Gasteiger partial charge >= 0.3 is 0 Å². The summed E-state index contributed by atoms with van der Waals surface area (Å²) in [6, 6.07) is 0.844. The fourth-order valence-corrected chi connectivity index (χ4v) is 2.14. The number of nitrogens with one attached hydrogen (secondary N) is 1. The number of hydrogen-bond donors (Lipinski definition) is 1. The lowest BCUT2D eigenvalue weighted by atomic mass is 10.0. The number of piperidine rings is 1. The SMILES string of the molecule is CC(C)N1CCC(NC(=O)c2cocn2)CC1. The summed E-state index contributed by atoms with van der Waals surface area (Å²) in [5.74, 6) is -0.137. The molecule has 17 heavy (non-hydrogen) atoms. The van der Waals surface area contributed by atoms with Crippen molar-refractivity contribution in [2.45, 2.75) is 38.8 Å². The number of hydrogen-bond acceptors (Lipinski definition) is 4. The predicted molar refractivity (Wildman–Crippen MR) is 63.7 cm³/mol. The minimum Gasteiger partial charge on any atom is -0.451 e. The van der Waals surface area contributed by atoms with Crippen molar-refractivity contribution in [3.63, 3.8) is 0 Å². The maximum absolute atomic E-state index is 11.7. The summed E-state index contributed by atoms with van der Waals surface area (Å²) < 4.78 is 4.79. The lowest BCUT2D eigenvalue weighted by Gasteiger charge is -2.34. The third-order valence-corrected chi connectivity index (χ3v) is 3.26. The molecule has 2 heterocycles. The largest absolute Gasteiger partial charge is 0.451 e. The van der Waals surface area contributed by atoms with Gasteiger partial charge < -0.3 is 14.6 Å². The van der Waals surface area contributed by atoms with E-state index < -0.39 is 0 Å². The van der Waals surface area contributed by atoms with Gasteiger partial charge in [-0.3, -0.25) is 4.79 Å². The molecular formula is C12H19N3O2. The third kappa shape index (κ3) is 3.06. The highest BCUT2D eigenvalue weighted by atomic mass is 16.3. The van der Waals surface area contributed by atoms with Crippen LogP contribution in [-0.4, -0.2) is 41.0 Å². The highest BCUT2D eigenvalue weighted by molar-refractivity contribution is 5.92. The van der Waals surface area contributed by atoms with Gasteiger partial charge in [-0.2, -0.15) is 0 Å². The van der Waals surface area contributed by atoms with Gasteiger partial charge in [0.25, 0.3) is 5.91 Å². The van der Waals surface area contributed by atoms with Crippen LogP contribution >= 0.6 is 0 Å². The molecule has 1 aromatic rings. The minimum absolute atomic E-state index is 0.137. The summed E-state index contributed by atoms with van der Waals surface area (Å²) in [6.45, 7) is 6.49. The Morgan fingerprint density at radius 1 is 1.53 bits per heavy atom. The van der Waals surface area contributed by atoms with Gasteiger partial charge in [0, 0.05) is 25.2 Å². The number of rotatable bonds is 3.